The molecule has 0 bridgehead atoms. The van der Waals surface area contributed by atoms with E-state index in [0.717, 1.165) is 38.5 Å². The molecule has 0 aromatic carbocycles. The molecule has 1 rings (SSSR count). The lowest BCUT2D eigenvalue weighted by molar-refractivity contribution is -0.142. The van der Waals surface area contributed by atoms with Crippen LogP contribution in [-0.4, -0.2) is 29.1 Å². The van der Waals surface area contributed by atoms with Crippen molar-refractivity contribution < 1.29 is 14.7 Å². The molecule has 0 radical (unpaired) electrons. The summed E-state index contributed by atoms with van der Waals surface area (Å²) < 4.78 is 0. The van der Waals surface area contributed by atoms with Gasteiger partial charge in [-0.1, -0.05) is 32.6 Å². The van der Waals surface area contributed by atoms with E-state index in [1.807, 2.05) is 6.92 Å². The molecule has 104 valence electrons. The second kappa shape index (κ2) is 7.36. The third-order valence-corrected chi connectivity index (χ3v) is 3.60. The van der Waals surface area contributed by atoms with Gasteiger partial charge >= 0.3 is 5.97 Å². The first kappa shape index (κ1) is 15.0. The number of carboxylic acids is 1. The molecule has 1 fully saturated rings. The van der Waals surface area contributed by atoms with Crippen molar-refractivity contribution in [3.8, 4) is 0 Å². The van der Waals surface area contributed by atoms with Crippen molar-refractivity contribution in [2.75, 3.05) is 0 Å². The predicted molar refractivity (Wildman–Crippen MR) is 69.0 cm³/mol. The molecule has 5 heteroatoms. The number of carbonyl (C=O) groups is 2. The number of aliphatic carboxylic acids is 1. The molecule has 1 aliphatic carbocycles. The van der Waals surface area contributed by atoms with Crippen LogP contribution in [-0.2, 0) is 9.59 Å². The fraction of sp³-hybridized carbons (Fsp3) is 0.846. The zero-order valence-electron chi connectivity index (χ0n) is 11.0. The van der Waals surface area contributed by atoms with Crippen LogP contribution in [0.2, 0.25) is 0 Å². The maximum Gasteiger partial charge on any atom is 0.326 e. The molecule has 0 spiro atoms. The number of nitrogens with one attached hydrogen (secondary N) is 1. The molecule has 18 heavy (non-hydrogen) atoms. The molecular formula is C13H24N2O3. The Bertz CT molecular complexity index is 294. The minimum absolute atomic E-state index is 0.136. The maximum absolute atomic E-state index is 12.1. The van der Waals surface area contributed by atoms with E-state index >= 15 is 0 Å². The van der Waals surface area contributed by atoms with Crippen molar-refractivity contribution in [2.24, 2.45) is 11.7 Å². The summed E-state index contributed by atoms with van der Waals surface area (Å²) in [6, 6.07) is -0.915. The third kappa shape index (κ3) is 4.29. The zero-order chi connectivity index (χ0) is 13.5. The molecule has 0 aromatic rings. The smallest absolute Gasteiger partial charge is 0.326 e. The van der Waals surface area contributed by atoms with E-state index in [0.29, 0.717) is 6.42 Å². The zero-order valence-corrected chi connectivity index (χ0v) is 11.0. The largest absolute Gasteiger partial charge is 0.480 e. The number of carbonyl (C=O) groups excluding carboxylic acids is 1. The Labute approximate surface area is 108 Å². The van der Waals surface area contributed by atoms with Gasteiger partial charge in [-0.3, -0.25) is 4.79 Å². The van der Waals surface area contributed by atoms with Crippen LogP contribution in [0, 0.1) is 5.92 Å². The second-order valence-electron chi connectivity index (χ2n) is 5.10. The van der Waals surface area contributed by atoms with Crippen LogP contribution in [0.4, 0.5) is 0 Å². The number of hydrogen-bond donors (Lipinski definition) is 3. The summed E-state index contributed by atoms with van der Waals surface area (Å²) in [5, 5.41) is 11.7. The van der Waals surface area contributed by atoms with Gasteiger partial charge in [0.05, 0.1) is 5.92 Å². The quantitative estimate of drug-likeness (QED) is 0.646. The molecule has 3 atom stereocenters. The van der Waals surface area contributed by atoms with Crippen molar-refractivity contribution in [3.05, 3.63) is 0 Å². The SMILES string of the molecule is CCC[C@H](NC(=O)C1CCCCCC1N)C(=O)O. The van der Waals surface area contributed by atoms with E-state index in [1.165, 1.54) is 0 Å². The summed E-state index contributed by atoms with van der Waals surface area (Å²) in [5.41, 5.74) is 6.00. The standard InChI is InChI=1S/C13H24N2O3/c1-2-6-11(13(17)18)15-12(16)9-7-4-3-5-8-10(9)14/h9-11H,2-8,14H2,1H3,(H,15,16)(H,17,18)/t9?,10?,11-/m0/s1. The first-order valence-corrected chi connectivity index (χ1v) is 6.85. The molecule has 1 saturated carbocycles. The molecule has 0 heterocycles. The van der Waals surface area contributed by atoms with Gasteiger partial charge in [-0.25, -0.2) is 4.79 Å². The predicted octanol–water partition coefficient (Wildman–Crippen LogP) is 1.26. The van der Waals surface area contributed by atoms with Gasteiger partial charge < -0.3 is 16.2 Å². The summed E-state index contributed by atoms with van der Waals surface area (Å²) >= 11 is 0. The molecule has 4 N–H and O–H groups in total. The highest BCUT2D eigenvalue weighted by Crippen LogP contribution is 2.22. The Kier molecular flexibility index (Phi) is 6.12. The Hall–Kier alpha value is -1.10. The van der Waals surface area contributed by atoms with E-state index in [-0.39, 0.29) is 17.9 Å². The van der Waals surface area contributed by atoms with Gasteiger partial charge in [-0.05, 0) is 19.3 Å². The first-order chi connectivity index (χ1) is 8.56. The average Bonchev–Trinajstić information content (AvgIpc) is 2.53. The number of hydrogen-bond acceptors (Lipinski definition) is 3. The van der Waals surface area contributed by atoms with E-state index in [4.69, 9.17) is 10.8 Å². The fourth-order valence-corrected chi connectivity index (χ4v) is 2.49. The van der Waals surface area contributed by atoms with Gasteiger partial charge in [0, 0.05) is 6.04 Å². The Morgan fingerprint density at radius 2 is 2.00 bits per heavy atom. The Morgan fingerprint density at radius 1 is 1.33 bits per heavy atom. The van der Waals surface area contributed by atoms with Crippen LogP contribution in [0.1, 0.15) is 51.9 Å². The molecular weight excluding hydrogens is 232 g/mol. The Balaban J connectivity index is 2.58. The molecule has 1 amide bonds. The van der Waals surface area contributed by atoms with Crippen molar-refractivity contribution in [1.29, 1.82) is 0 Å². The van der Waals surface area contributed by atoms with E-state index < -0.39 is 12.0 Å². The third-order valence-electron chi connectivity index (χ3n) is 3.60. The highest BCUT2D eigenvalue weighted by Gasteiger charge is 2.29. The minimum Gasteiger partial charge on any atom is -0.480 e. The van der Waals surface area contributed by atoms with E-state index in [1.54, 1.807) is 0 Å². The van der Waals surface area contributed by atoms with Gasteiger partial charge in [0.15, 0.2) is 0 Å². The topological polar surface area (TPSA) is 92.4 Å². The molecule has 0 aromatic heterocycles. The Morgan fingerprint density at radius 3 is 2.61 bits per heavy atom. The maximum atomic E-state index is 12.1. The summed E-state index contributed by atoms with van der Waals surface area (Å²) in [4.78, 5) is 23.1. The lowest BCUT2D eigenvalue weighted by Gasteiger charge is -2.23. The number of rotatable bonds is 5. The van der Waals surface area contributed by atoms with Crippen LogP contribution >= 0.6 is 0 Å². The van der Waals surface area contributed by atoms with Gasteiger partial charge in [0.25, 0.3) is 0 Å². The second-order valence-corrected chi connectivity index (χ2v) is 5.10. The normalized spacial score (nSPS) is 26.1. The molecule has 1 aliphatic rings. The number of amides is 1. The molecule has 2 unspecified atom stereocenters. The molecule has 5 nitrogen and oxygen atoms in total. The van der Waals surface area contributed by atoms with E-state index in [9.17, 15) is 9.59 Å². The van der Waals surface area contributed by atoms with Gasteiger partial charge in [0.2, 0.25) is 5.91 Å². The molecule has 0 saturated heterocycles. The van der Waals surface area contributed by atoms with Crippen LogP contribution in [0.3, 0.4) is 0 Å². The van der Waals surface area contributed by atoms with Gasteiger partial charge in [0.1, 0.15) is 6.04 Å². The highest BCUT2D eigenvalue weighted by atomic mass is 16.4. The van der Waals surface area contributed by atoms with Crippen LogP contribution in [0.25, 0.3) is 0 Å². The van der Waals surface area contributed by atoms with Crippen LogP contribution in [0.15, 0.2) is 0 Å². The van der Waals surface area contributed by atoms with Crippen molar-refractivity contribution >= 4 is 11.9 Å². The van der Waals surface area contributed by atoms with Gasteiger partial charge in [-0.2, -0.15) is 0 Å². The lowest BCUT2D eigenvalue weighted by atomic mass is 9.94. The average molecular weight is 256 g/mol. The van der Waals surface area contributed by atoms with Crippen LogP contribution in [0.5, 0.6) is 0 Å². The fourth-order valence-electron chi connectivity index (χ4n) is 2.49. The summed E-state index contributed by atoms with van der Waals surface area (Å²) in [6.45, 7) is 1.90. The number of nitrogens with two attached hydrogens (primary N) is 1. The lowest BCUT2D eigenvalue weighted by Crippen LogP contribution is -2.47. The summed E-state index contributed by atoms with van der Waals surface area (Å²) in [5.74, 6) is -1.39. The summed E-state index contributed by atoms with van der Waals surface area (Å²) in [6.07, 6.45) is 5.97. The van der Waals surface area contributed by atoms with Crippen molar-refractivity contribution in [1.82, 2.24) is 5.32 Å². The van der Waals surface area contributed by atoms with Crippen LogP contribution < -0.4 is 11.1 Å². The van der Waals surface area contributed by atoms with Crippen molar-refractivity contribution in [3.63, 3.8) is 0 Å². The number of carboxylic acid groups (broad SMARTS) is 1. The molecule has 0 aliphatic heterocycles. The van der Waals surface area contributed by atoms with Crippen molar-refractivity contribution in [2.45, 2.75) is 64.0 Å². The van der Waals surface area contributed by atoms with E-state index in [2.05, 4.69) is 5.32 Å². The first-order valence-electron chi connectivity index (χ1n) is 6.85. The minimum atomic E-state index is -0.965. The highest BCUT2D eigenvalue weighted by molar-refractivity contribution is 5.85. The monoisotopic (exact) mass is 256 g/mol. The summed E-state index contributed by atoms with van der Waals surface area (Å²) in [7, 11) is 0. The van der Waals surface area contributed by atoms with Gasteiger partial charge in [-0.15, -0.1) is 0 Å².